The van der Waals surface area contributed by atoms with Crippen molar-refractivity contribution in [3.63, 3.8) is 0 Å². The molecule has 4 aromatic rings. The first kappa shape index (κ1) is 20.7. The molecule has 2 N–H and O–H groups in total. The number of fused-ring (bicyclic) bond motifs is 1. The number of likely N-dealkylation sites (tertiary alicyclic amines) is 1. The summed E-state index contributed by atoms with van der Waals surface area (Å²) in [7, 11) is 0. The Bertz CT molecular complexity index is 1260. The number of aromatic amines is 1. The van der Waals surface area contributed by atoms with Gasteiger partial charge in [-0.1, -0.05) is 42.1 Å². The summed E-state index contributed by atoms with van der Waals surface area (Å²) in [5.74, 6) is 0.0192. The number of nitrogens with one attached hydrogen (secondary N) is 1. The Balaban J connectivity index is 1.45. The largest absolute Gasteiger partial charge is 0.391 e. The molecule has 1 aromatic carbocycles. The summed E-state index contributed by atoms with van der Waals surface area (Å²) >= 11 is 1.47. The molecular formula is C25H24N4O2S. The van der Waals surface area contributed by atoms with Crippen molar-refractivity contribution in [1.82, 2.24) is 19.9 Å². The fourth-order valence-electron chi connectivity index (χ4n) is 4.14. The van der Waals surface area contributed by atoms with Gasteiger partial charge in [0.25, 0.3) is 0 Å². The van der Waals surface area contributed by atoms with Gasteiger partial charge in [0.15, 0.2) is 0 Å². The molecule has 0 saturated carbocycles. The molecule has 3 aromatic heterocycles. The Kier molecular flexibility index (Phi) is 5.68. The van der Waals surface area contributed by atoms with E-state index in [9.17, 15) is 9.90 Å². The van der Waals surface area contributed by atoms with E-state index in [-0.39, 0.29) is 5.91 Å². The zero-order valence-electron chi connectivity index (χ0n) is 17.7. The zero-order chi connectivity index (χ0) is 22.1. The average Bonchev–Trinajstić information content (AvgIpc) is 3.45. The quantitative estimate of drug-likeness (QED) is 0.447. The second-order valence-corrected chi connectivity index (χ2v) is 9.18. The molecule has 7 heteroatoms. The third kappa shape index (κ3) is 4.01. The summed E-state index contributed by atoms with van der Waals surface area (Å²) in [4.78, 5) is 27.4. The number of rotatable bonds is 5. The van der Waals surface area contributed by atoms with Crippen LogP contribution in [0.15, 0.2) is 72.1 Å². The highest BCUT2D eigenvalue weighted by Crippen LogP contribution is 2.39. The van der Waals surface area contributed by atoms with Gasteiger partial charge in [-0.2, -0.15) is 0 Å². The van der Waals surface area contributed by atoms with Crippen molar-refractivity contribution >= 4 is 28.7 Å². The Morgan fingerprint density at radius 2 is 2.06 bits per heavy atom. The molecule has 0 spiro atoms. The number of carbonyl (C=O) groups is 1. The van der Waals surface area contributed by atoms with E-state index in [0.29, 0.717) is 19.5 Å². The monoisotopic (exact) mass is 444 g/mol. The number of aromatic nitrogens is 3. The van der Waals surface area contributed by atoms with E-state index in [4.69, 9.17) is 4.98 Å². The number of hydrogen-bond acceptors (Lipinski definition) is 5. The molecule has 2 atom stereocenters. The maximum Gasteiger partial charge on any atom is 0.240 e. The number of aliphatic hydroxyl groups is 1. The van der Waals surface area contributed by atoms with Crippen LogP contribution in [0.5, 0.6) is 0 Å². The maximum absolute atomic E-state index is 13.4. The normalized spacial score (nSPS) is 17.1. The molecule has 0 aliphatic carbocycles. The van der Waals surface area contributed by atoms with Crippen molar-refractivity contribution in [2.75, 3.05) is 13.1 Å². The minimum absolute atomic E-state index is 0.0192. The van der Waals surface area contributed by atoms with Gasteiger partial charge in [0.2, 0.25) is 5.91 Å². The molecule has 1 aliphatic heterocycles. The number of H-pyrrole nitrogens is 1. The van der Waals surface area contributed by atoms with Crippen LogP contribution in [0.25, 0.3) is 22.2 Å². The van der Waals surface area contributed by atoms with Crippen molar-refractivity contribution in [3.05, 3.63) is 78.2 Å². The highest BCUT2D eigenvalue weighted by atomic mass is 32.2. The molecule has 1 amide bonds. The fourth-order valence-corrected chi connectivity index (χ4v) is 5.26. The van der Waals surface area contributed by atoms with Crippen molar-refractivity contribution < 1.29 is 9.90 Å². The fraction of sp³-hybridized carbons (Fsp3) is 0.240. The van der Waals surface area contributed by atoms with E-state index in [1.807, 2.05) is 61.8 Å². The van der Waals surface area contributed by atoms with Crippen molar-refractivity contribution in [2.24, 2.45) is 0 Å². The molecule has 162 valence electrons. The standard InChI is InChI=1S/C25H24N4O2S/c1-16-12-18(21-14-27-23-20(21)8-5-10-26-23)13-28-24(16)32-22(17-6-3-2-4-7-17)25(31)29-11-9-19(30)15-29/h2-8,10,12-14,19,22,30H,9,11,15H2,1H3,(H,26,27)/t19-,22?/m0/s1. The van der Waals surface area contributed by atoms with E-state index >= 15 is 0 Å². The van der Waals surface area contributed by atoms with Crippen LogP contribution < -0.4 is 0 Å². The van der Waals surface area contributed by atoms with Gasteiger partial charge in [-0.25, -0.2) is 9.97 Å². The lowest BCUT2D eigenvalue weighted by atomic mass is 10.1. The summed E-state index contributed by atoms with van der Waals surface area (Å²) in [5, 5.41) is 11.4. The minimum Gasteiger partial charge on any atom is -0.391 e. The predicted molar refractivity (Wildman–Crippen MR) is 126 cm³/mol. The van der Waals surface area contributed by atoms with Crippen LogP contribution in [0.4, 0.5) is 0 Å². The van der Waals surface area contributed by atoms with Crippen LogP contribution in [0.1, 0.15) is 22.8 Å². The van der Waals surface area contributed by atoms with E-state index in [1.165, 1.54) is 11.8 Å². The lowest BCUT2D eigenvalue weighted by Crippen LogP contribution is -2.33. The summed E-state index contributed by atoms with van der Waals surface area (Å²) in [6.45, 7) is 3.00. The topological polar surface area (TPSA) is 82.1 Å². The van der Waals surface area contributed by atoms with Gasteiger partial charge in [0.1, 0.15) is 10.9 Å². The van der Waals surface area contributed by atoms with Gasteiger partial charge >= 0.3 is 0 Å². The Labute approximate surface area is 190 Å². The predicted octanol–water partition coefficient (Wildman–Crippen LogP) is 4.36. The summed E-state index contributed by atoms with van der Waals surface area (Å²) < 4.78 is 0. The Morgan fingerprint density at radius 1 is 1.22 bits per heavy atom. The number of hydrogen-bond donors (Lipinski definition) is 2. The van der Waals surface area contributed by atoms with Crippen LogP contribution in [0.2, 0.25) is 0 Å². The molecule has 6 nitrogen and oxygen atoms in total. The number of nitrogens with zero attached hydrogens (tertiary/aromatic N) is 3. The minimum atomic E-state index is -0.440. The van der Waals surface area contributed by atoms with E-state index in [2.05, 4.69) is 16.0 Å². The molecule has 1 unspecified atom stereocenters. The summed E-state index contributed by atoms with van der Waals surface area (Å²) in [6.07, 6.45) is 5.77. The second-order valence-electron chi connectivity index (χ2n) is 8.08. The van der Waals surface area contributed by atoms with Gasteiger partial charge in [-0.15, -0.1) is 0 Å². The molecule has 5 rings (SSSR count). The van der Waals surface area contributed by atoms with Gasteiger partial charge in [0.05, 0.1) is 11.1 Å². The van der Waals surface area contributed by atoms with Gasteiger partial charge in [0, 0.05) is 48.2 Å². The number of carbonyl (C=O) groups excluding carboxylic acids is 1. The Hall–Kier alpha value is -3.16. The lowest BCUT2D eigenvalue weighted by Gasteiger charge is -2.23. The Morgan fingerprint density at radius 3 is 2.81 bits per heavy atom. The molecule has 0 bridgehead atoms. The SMILES string of the molecule is Cc1cc(-c2c[nH]c3ncccc23)cnc1SC(C(=O)N1CC[C@H](O)C1)c1ccccc1. The smallest absolute Gasteiger partial charge is 0.240 e. The van der Waals surface area contributed by atoms with Crippen LogP contribution in [0.3, 0.4) is 0 Å². The molecule has 1 saturated heterocycles. The van der Waals surface area contributed by atoms with Crippen molar-refractivity contribution in [3.8, 4) is 11.1 Å². The number of β-amino-alcohol motifs (C(OH)–C–C–N with tert-alkyl or cyclic N) is 1. The van der Waals surface area contributed by atoms with Crippen LogP contribution in [-0.2, 0) is 4.79 Å². The number of thioether (sulfide) groups is 1. The number of pyridine rings is 2. The van der Waals surface area contributed by atoms with Gasteiger partial charge in [-0.3, -0.25) is 4.79 Å². The van der Waals surface area contributed by atoms with Crippen LogP contribution >= 0.6 is 11.8 Å². The highest BCUT2D eigenvalue weighted by Gasteiger charge is 2.32. The third-order valence-electron chi connectivity index (χ3n) is 5.82. The van der Waals surface area contributed by atoms with Gasteiger partial charge < -0.3 is 15.0 Å². The maximum atomic E-state index is 13.4. The van der Waals surface area contributed by atoms with Crippen LogP contribution in [-0.4, -0.2) is 50.1 Å². The molecule has 32 heavy (non-hydrogen) atoms. The third-order valence-corrected chi connectivity index (χ3v) is 7.18. The number of aliphatic hydroxyl groups excluding tert-OH is 1. The zero-order valence-corrected chi connectivity index (χ0v) is 18.5. The van der Waals surface area contributed by atoms with Gasteiger partial charge in [-0.05, 0) is 42.7 Å². The second kappa shape index (κ2) is 8.76. The van der Waals surface area contributed by atoms with Crippen molar-refractivity contribution in [1.29, 1.82) is 0 Å². The number of amides is 1. The van der Waals surface area contributed by atoms with E-state index < -0.39 is 11.4 Å². The number of benzene rings is 1. The first-order valence-electron chi connectivity index (χ1n) is 10.7. The molecule has 0 radical (unpaired) electrons. The summed E-state index contributed by atoms with van der Waals surface area (Å²) in [6, 6.07) is 15.9. The average molecular weight is 445 g/mol. The molecule has 1 fully saturated rings. The molecule has 4 heterocycles. The number of aryl methyl sites for hydroxylation is 1. The lowest BCUT2D eigenvalue weighted by molar-refractivity contribution is -0.130. The van der Waals surface area contributed by atoms with E-state index in [0.717, 1.165) is 38.3 Å². The molecule has 1 aliphatic rings. The molecular weight excluding hydrogens is 420 g/mol. The van der Waals surface area contributed by atoms with E-state index in [1.54, 1.807) is 11.1 Å². The van der Waals surface area contributed by atoms with Crippen molar-refractivity contribution in [2.45, 2.75) is 29.7 Å². The highest BCUT2D eigenvalue weighted by molar-refractivity contribution is 8.00. The van der Waals surface area contributed by atoms with Crippen LogP contribution in [0, 0.1) is 6.92 Å². The first-order valence-corrected chi connectivity index (χ1v) is 11.6. The summed E-state index contributed by atoms with van der Waals surface area (Å²) in [5.41, 5.74) is 4.87. The first-order chi connectivity index (χ1) is 15.6.